The Morgan fingerprint density at radius 3 is 2.32 bits per heavy atom. The third-order valence-electron chi connectivity index (χ3n) is 6.33. The molecular formula is C25H28N2O6S. The van der Waals surface area contributed by atoms with Crippen LogP contribution < -0.4 is 20.3 Å². The highest BCUT2D eigenvalue weighted by Gasteiger charge is 2.56. The van der Waals surface area contributed by atoms with Gasteiger partial charge in [-0.1, -0.05) is 54.6 Å². The van der Waals surface area contributed by atoms with Crippen molar-refractivity contribution in [1.29, 1.82) is 0 Å². The number of ether oxygens (including phenoxy) is 2. The highest BCUT2D eigenvalue weighted by Crippen LogP contribution is 2.51. The number of phenols is 1. The second-order valence-corrected chi connectivity index (χ2v) is 10.1. The summed E-state index contributed by atoms with van der Waals surface area (Å²) in [7, 11) is -4.54. The monoisotopic (exact) mass is 484 g/mol. The number of rotatable bonds is 9. The van der Waals surface area contributed by atoms with Crippen molar-refractivity contribution in [3.63, 3.8) is 0 Å². The van der Waals surface area contributed by atoms with Gasteiger partial charge in [-0.25, -0.2) is 13.6 Å². The van der Waals surface area contributed by atoms with E-state index < -0.39 is 26.8 Å². The molecule has 0 aliphatic carbocycles. The number of fused-ring (bicyclic) bond motifs is 1. The fraction of sp³-hybridized carbons (Fsp3) is 0.280. The van der Waals surface area contributed by atoms with Crippen molar-refractivity contribution in [2.45, 2.75) is 29.6 Å². The van der Waals surface area contributed by atoms with Gasteiger partial charge in [0.1, 0.15) is 10.5 Å². The van der Waals surface area contributed by atoms with Gasteiger partial charge in [-0.15, -0.1) is 0 Å². The van der Waals surface area contributed by atoms with Crippen molar-refractivity contribution in [3.8, 4) is 17.2 Å². The SMILES string of the molecule is NCCC(O)C(c1ccccc1O)(C(Cc1ccccc1)c1ccc2c(c1)OCO2)S(N)(=O)=O. The fourth-order valence-corrected chi connectivity index (χ4v) is 6.41. The average molecular weight is 485 g/mol. The quantitative estimate of drug-likeness (QED) is 0.365. The minimum Gasteiger partial charge on any atom is -0.508 e. The minimum absolute atomic E-state index is 0.0112. The first-order valence-corrected chi connectivity index (χ1v) is 12.5. The third kappa shape index (κ3) is 4.23. The summed E-state index contributed by atoms with van der Waals surface area (Å²) in [4.78, 5) is 0. The van der Waals surface area contributed by atoms with Gasteiger partial charge >= 0.3 is 0 Å². The van der Waals surface area contributed by atoms with E-state index >= 15 is 0 Å². The van der Waals surface area contributed by atoms with E-state index in [1.54, 1.807) is 30.3 Å². The van der Waals surface area contributed by atoms with Gasteiger partial charge in [0.05, 0.1) is 6.10 Å². The van der Waals surface area contributed by atoms with E-state index in [9.17, 15) is 18.6 Å². The molecule has 1 heterocycles. The molecule has 0 aromatic heterocycles. The van der Waals surface area contributed by atoms with Crippen molar-refractivity contribution in [2.24, 2.45) is 10.9 Å². The minimum atomic E-state index is -4.54. The highest BCUT2D eigenvalue weighted by atomic mass is 32.2. The van der Waals surface area contributed by atoms with E-state index in [1.807, 2.05) is 30.3 Å². The molecule has 3 aromatic carbocycles. The molecule has 3 atom stereocenters. The average Bonchev–Trinajstić information content (AvgIpc) is 3.28. The molecule has 0 bridgehead atoms. The lowest BCUT2D eigenvalue weighted by atomic mass is 9.73. The molecule has 0 saturated carbocycles. The first kappa shape index (κ1) is 24.0. The number of hydrogen-bond donors (Lipinski definition) is 4. The Kier molecular flexibility index (Phi) is 6.81. The number of aliphatic hydroxyl groups excluding tert-OH is 1. The van der Waals surface area contributed by atoms with Gasteiger partial charge in [-0.2, -0.15) is 0 Å². The molecular weight excluding hydrogens is 456 g/mol. The molecule has 8 nitrogen and oxygen atoms in total. The van der Waals surface area contributed by atoms with Crippen molar-refractivity contribution in [2.75, 3.05) is 13.3 Å². The number of hydrogen-bond acceptors (Lipinski definition) is 7. The zero-order valence-electron chi connectivity index (χ0n) is 18.5. The molecule has 9 heteroatoms. The van der Waals surface area contributed by atoms with Gasteiger partial charge in [0.15, 0.2) is 11.5 Å². The molecule has 180 valence electrons. The van der Waals surface area contributed by atoms with Crippen LogP contribution in [0.5, 0.6) is 17.2 Å². The van der Waals surface area contributed by atoms with E-state index in [0.29, 0.717) is 17.1 Å². The Morgan fingerprint density at radius 2 is 1.65 bits per heavy atom. The number of nitrogens with two attached hydrogens (primary N) is 2. The zero-order chi connectivity index (χ0) is 24.3. The highest BCUT2D eigenvalue weighted by molar-refractivity contribution is 7.90. The Labute approximate surface area is 198 Å². The zero-order valence-corrected chi connectivity index (χ0v) is 19.3. The van der Waals surface area contributed by atoms with E-state index in [1.165, 1.54) is 12.1 Å². The molecule has 3 unspecified atom stereocenters. The number of aromatic hydroxyl groups is 1. The lowest BCUT2D eigenvalue weighted by Gasteiger charge is -2.43. The van der Waals surface area contributed by atoms with Gasteiger partial charge < -0.3 is 25.4 Å². The largest absolute Gasteiger partial charge is 0.508 e. The van der Waals surface area contributed by atoms with Crippen LogP contribution in [0.1, 0.15) is 29.0 Å². The molecule has 0 fully saturated rings. The maximum Gasteiger partial charge on any atom is 0.231 e. The normalized spacial score (nSPS) is 16.6. The van der Waals surface area contributed by atoms with Crippen molar-refractivity contribution < 1.29 is 28.1 Å². The predicted octanol–water partition coefficient (Wildman–Crippen LogP) is 2.34. The second-order valence-electron chi connectivity index (χ2n) is 8.30. The molecule has 6 N–H and O–H groups in total. The maximum atomic E-state index is 13.6. The Balaban J connectivity index is 2.04. The van der Waals surface area contributed by atoms with Crippen molar-refractivity contribution in [3.05, 3.63) is 89.5 Å². The molecule has 34 heavy (non-hydrogen) atoms. The number of primary sulfonamides is 1. The maximum absolute atomic E-state index is 13.6. The smallest absolute Gasteiger partial charge is 0.231 e. The van der Waals surface area contributed by atoms with Crippen LogP contribution in [0.4, 0.5) is 0 Å². The molecule has 1 aliphatic heterocycles. The van der Waals surface area contributed by atoms with E-state index in [0.717, 1.165) is 5.56 Å². The second kappa shape index (κ2) is 9.63. The summed E-state index contributed by atoms with van der Waals surface area (Å²) >= 11 is 0. The Hall–Kier alpha value is -3.11. The van der Waals surface area contributed by atoms with Crippen molar-refractivity contribution >= 4 is 10.0 Å². The van der Waals surface area contributed by atoms with Gasteiger partial charge in [-0.3, -0.25) is 0 Å². The third-order valence-corrected chi connectivity index (χ3v) is 8.05. The standard InChI is InChI=1S/C25H28N2O6S/c26-13-12-24(29)25(34(27,30)31,19-8-4-5-9-21(19)28)20(14-17-6-2-1-3-7-17)18-10-11-22-23(15-18)33-16-32-22/h1-11,15,20,24,28-29H,12-14,16,26H2,(H2,27,30,31). The lowest BCUT2D eigenvalue weighted by molar-refractivity contribution is 0.0982. The molecule has 0 radical (unpaired) electrons. The number of para-hydroxylation sites is 1. The van der Waals surface area contributed by atoms with Gasteiger partial charge in [-0.05, 0) is 48.7 Å². The van der Waals surface area contributed by atoms with E-state index in [2.05, 4.69) is 0 Å². The van der Waals surface area contributed by atoms with Crippen LogP contribution in [0.25, 0.3) is 0 Å². The summed E-state index contributed by atoms with van der Waals surface area (Å²) in [5.74, 6) is -0.196. The topological polar surface area (TPSA) is 145 Å². The number of sulfonamides is 1. The number of benzene rings is 3. The van der Waals surface area contributed by atoms with Crippen molar-refractivity contribution in [1.82, 2.24) is 0 Å². The van der Waals surface area contributed by atoms with Gasteiger partial charge in [0.25, 0.3) is 0 Å². The number of phenolic OH excluding ortho intramolecular Hbond substituents is 1. The molecule has 1 aliphatic rings. The predicted molar refractivity (Wildman–Crippen MR) is 128 cm³/mol. The van der Waals surface area contributed by atoms with Crippen LogP contribution in [0, 0.1) is 0 Å². The Morgan fingerprint density at radius 1 is 0.971 bits per heavy atom. The van der Waals surface area contributed by atoms with E-state index in [-0.39, 0.29) is 37.5 Å². The summed E-state index contributed by atoms with van der Waals surface area (Å²) < 4.78 is 36.0. The molecule has 0 amide bonds. The van der Waals surface area contributed by atoms with Crippen LogP contribution in [0.3, 0.4) is 0 Å². The molecule has 0 spiro atoms. The fourth-order valence-electron chi connectivity index (χ4n) is 4.81. The summed E-state index contributed by atoms with van der Waals surface area (Å²) in [6.45, 7) is 0.0724. The van der Waals surface area contributed by atoms with Gasteiger partial charge in [0, 0.05) is 11.5 Å². The molecule has 0 saturated heterocycles. The van der Waals surface area contributed by atoms with Crippen LogP contribution in [0.2, 0.25) is 0 Å². The van der Waals surface area contributed by atoms with E-state index in [4.69, 9.17) is 20.3 Å². The first-order valence-electron chi connectivity index (χ1n) is 10.9. The summed E-state index contributed by atoms with van der Waals surface area (Å²) in [5.41, 5.74) is 7.15. The lowest BCUT2D eigenvalue weighted by Crippen LogP contribution is -2.55. The summed E-state index contributed by atoms with van der Waals surface area (Å²) in [5, 5.41) is 28.3. The van der Waals surface area contributed by atoms with Crippen LogP contribution in [-0.2, 0) is 21.2 Å². The van der Waals surface area contributed by atoms with Crippen LogP contribution in [0.15, 0.2) is 72.8 Å². The molecule has 4 rings (SSSR count). The summed E-state index contributed by atoms with van der Waals surface area (Å²) in [6.07, 6.45) is -1.37. The van der Waals surface area contributed by atoms with Gasteiger partial charge in [0.2, 0.25) is 16.8 Å². The first-order chi connectivity index (χ1) is 16.3. The summed E-state index contributed by atoms with van der Waals surface area (Å²) in [6, 6.07) is 20.5. The number of aliphatic hydroxyl groups is 1. The Bertz CT molecular complexity index is 1250. The van der Waals surface area contributed by atoms with Crippen LogP contribution in [-0.4, -0.2) is 38.1 Å². The molecule has 3 aromatic rings. The van der Waals surface area contributed by atoms with Crippen LogP contribution >= 0.6 is 0 Å².